The molecule has 0 saturated carbocycles. The summed E-state index contributed by atoms with van der Waals surface area (Å²) in [5.74, 6) is -0.466. The van der Waals surface area contributed by atoms with Gasteiger partial charge in [0.1, 0.15) is 0 Å². The highest BCUT2D eigenvalue weighted by atomic mass is 16.7. The summed E-state index contributed by atoms with van der Waals surface area (Å²) in [6, 6.07) is 0. The van der Waals surface area contributed by atoms with Crippen LogP contribution in [-0.2, 0) is 4.74 Å². The summed E-state index contributed by atoms with van der Waals surface area (Å²) in [6.45, 7) is 9.18. The monoisotopic (exact) mass is 221 g/mol. The summed E-state index contributed by atoms with van der Waals surface area (Å²) < 4.78 is 5.39. The van der Waals surface area contributed by atoms with Crippen molar-refractivity contribution in [2.24, 2.45) is 5.92 Å². The van der Waals surface area contributed by atoms with Crippen molar-refractivity contribution in [2.75, 3.05) is 6.61 Å². The second-order valence-electron chi connectivity index (χ2n) is 3.76. The Labute approximate surface area is 94.8 Å². The van der Waals surface area contributed by atoms with E-state index in [-0.39, 0.29) is 6.61 Å². The van der Waals surface area contributed by atoms with Gasteiger partial charge in [-0.3, -0.25) is 10.1 Å². The van der Waals surface area contributed by atoms with E-state index in [0.29, 0.717) is 0 Å². The van der Waals surface area contributed by atoms with Gasteiger partial charge in [-0.05, 0) is 6.92 Å². The molecule has 1 rings (SSSR count). The molecule has 0 aromatic carbocycles. The van der Waals surface area contributed by atoms with Crippen LogP contribution in [0.15, 0.2) is 49.1 Å². The van der Waals surface area contributed by atoms with Gasteiger partial charge in [-0.15, -0.1) is 6.58 Å². The maximum atomic E-state index is 11.2. The molecule has 0 fully saturated rings. The first kappa shape index (κ1) is 12.4. The van der Waals surface area contributed by atoms with Crippen molar-refractivity contribution in [3.63, 3.8) is 0 Å². The van der Waals surface area contributed by atoms with Gasteiger partial charge < -0.3 is 4.74 Å². The van der Waals surface area contributed by atoms with Crippen molar-refractivity contribution < 1.29 is 9.66 Å². The highest BCUT2D eigenvalue weighted by Gasteiger charge is 2.48. The van der Waals surface area contributed by atoms with Crippen LogP contribution < -0.4 is 0 Å². The summed E-state index contributed by atoms with van der Waals surface area (Å²) in [5.41, 5.74) is -0.804. The van der Waals surface area contributed by atoms with E-state index in [0.717, 1.165) is 5.57 Å². The molecule has 4 heteroatoms. The largest absolute Gasteiger partial charge is 0.354 e. The normalized spacial score (nSPS) is 27.7. The summed E-state index contributed by atoms with van der Waals surface area (Å²) >= 11 is 0. The van der Waals surface area contributed by atoms with Crippen molar-refractivity contribution in [1.29, 1.82) is 0 Å². The molecule has 0 N–H and O–H groups in total. The number of nitro groups is 1. The van der Waals surface area contributed by atoms with Gasteiger partial charge in [0.15, 0.2) is 0 Å². The summed E-state index contributed by atoms with van der Waals surface area (Å²) in [7, 11) is 0. The summed E-state index contributed by atoms with van der Waals surface area (Å²) in [4.78, 5) is 10.7. The van der Waals surface area contributed by atoms with Crippen LogP contribution in [0.1, 0.15) is 6.92 Å². The van der Waals surface area contributed by atoms with Gasteiger partial charge in [0.25, 0.3) is 0 Å². The zero-order valence-electron chi connectivity index (χ0n) is 9.26. The molecular weight excluding hydrogens is 206 g/mol. The fraction of sp³-hybridized carbons (Fsp3) is 0.333. The average Bonchev–Trinajstić information content (AvgIpc) is 2.26. The van der Waals surface area contributed by atoms with E-state index in [2.05, 4.69) is 13.2 Å². The fourth-order valence-electron chi connectivity index (χ4n) is 1.49. The first-order chi connectivity index (χ1) is 7.53. The van der Waals surface area contributed by atoms with Crippen LogP contribution in [-0.4, -0.2) is 17.3 Å². The number of ether oxygens (including phenoxy) is 1. The third-order valence-electron chi connectivity index (χ3n) is 2.33. The Morgan fingerprint density at radius 2 is 2.38 bits per heavy atom. The molecule has 1 aliphatic rings. The van der Waals surface area contributed by atoms with Gasteiger partial charge in [0, 0.05) is 6.08 Å². The molecule has 2 atom stereocenters. The third kappa shape index (κ3) is 2.28. The Hall–Kier alpha value is -1.68. The van der Waals surface area contributed by atoms with Crippen LogP contribution in [0.25, 0.3) is 0 Å². The molecule has 1 aliphatic carbocycles. The Bertz CT molecular complexity index is 370. The van der Waals surface area contributed by atoms with E-state index in [1.807, 2.05) is 0 Å². The topological polar surface area (TPSA) is 52.4 Å². The van der Waals surface area contributed by atoms with Gasteiger partial charge >= 0.3 is 5.72 Å². The predicted molar refractivity (Wildman–Crippen MR) is 62.5 cm³/mol. The lowest BCUT2D eigenvalue weighted by Crippen LogP contribution is -2.46. The van der Waals surface area contributed by atoms with Crippen LogP contribution >= 0.6 is 0 Å². The Morgan fingerprint density at radius 3 is 2.88 bits per heavy atom. The summed E-state index contributed by atoms with van der Waals surface area (Å²) in [6.07, 6.45) is 8.02. The molecule has 0 radical (unpaired) electrons. The van der Waals surface area contributed by atoms with Gasteiger partial charge in [-0.2, -0.15) is 0 Å². The molecule has 0 aromatic rings. The first-order valence-electron chi connectivity index (χ1n) is 4.94. The Kier molecular flexibility index (Phi) is 3.79. The van der Waals surface area contributed by atoms with Gasteiger partial charge in [0.2, 0.25) is 0 Å². The number of allylic oxidation sites excluding steroid dienone is 2. The van der Waals surface area contributed by atoms with E-state index in [1.54, 1.807) is 25.2 Å². The SMILES string of the molecule is C=CC1C=CC=CC1(OCC(=C)C)[N+](=O)[O-]. The first-order valence-corrected chi connectivity index (χ1v) is 4.94. The van der Waals surface area contributed by atoms with E-state index in [4.69, 9.17) is 4.74 Å². The molecule has 0 spiro atoms. The molecule has 16 heavy (non-hydrogen) atoms. The average molecular weight is 221 g/mol. The van der Waals surface area contributed by atoms with Crippen LogP contribution in [0.4, 0.5) is 0 Å². The number of hydrogen-bond donors (Lipinski definition) is 0. The Morgan fingerprint density at radius 1 is 1.69 bits per heavy atom. The van der Waals surface area contributed by atoms with Gasteiger partial charge in [-0.25, -0.2) is 0 Å². The number of rotatable bonds is 5. The minimum atomic E-state index is -1.55. The molecule has 2 unspecified atom stereocenters. The van der Waals surface area contributed by atoms with Crippen molar-refractivity contribution in [1.82, 2.24) is 0 Å². The highest BCUT2D eigenvalue weighted by molar-refractivity contribution is 5.22. The molecule has 0 aromatic heterocycles. The zero-order chi connectivity index (χ0) is 12.2. The van der Waals surface area contributed by atoms with Gasteiger partial charge in [0.05, 0.1) is 17.4 Å². The van der Waals surface area contributed by atoms with Crippen LogP contribution in [0.5, 0.6) is 0 Å². The van der Waals surface area contributed by atoms with E-state index in [1.165, 1.54) is 12.2 Å². The number of hydrogen-bond acceptors (Lipinski definition) is 3. The predicted octanol–water partition coefficient (Wildman–Crippen LogP) is 2.48. The molecule has 86 valence electrons. The van der Waals surface area contributed by atoms with E-state index in [9.17, 15) is 10.1 Å². The smallest absolute Gasteiger partial charge is 0.306 e. The Balaban J connectivity index is 2.99. The third-order valence-corrected chi connectivity index (χ3v) is 2.33. The lowest BCUT2D eigenvalue weighted by Gasteiger charge is -2.28. The highest BCUT2D eigenvalue weighted by Crippen LogP contribution is 2.30. The summed E-state index contributed by atoms with van der Waals surface area (Å²) in [5, 5.41) is 11.2. The van der Waals surface area contributed by atoms with Crippen LogP contribution in [0.2, 0.25) is 0 Å². The van der Waals surface area contributed by atoms with Crippen molar-refractivity contribution in [3.05, 3.63) is 59.2 Å². The van der Waals surface area contributed by atoms with Crippen LogP contribution in [0, 0.1) is 16.0 Å². The molecule has 0 saturated heterocycles. The molecule has 0 bridgehead atoms. The molecule has 0 aliphatic heterocycles. The number of nitrogens with zero attached hydrogens (tertiary/aromatic N) is 1. The van der Waals surface area contributed by atoms with Gasteiger partial charge in [-0.1, -0.05) is 36.5 Å². The lowest BCUT2D eigenvalue weighted by molar-refractivity contribution is -0.619. The standard InChI is InChI=1S/C12H15NO3/c1-4-11-7-5-6-8-12(11,13(14)15)16-9-10(2)3/h4-8,11H,1-2,9H2,3H3. The second kappa shape index (κ2) is 4.90. The maximum absolute atomic E-state index is 11.2. The second-order valence-corrected chi connectivity index (χ2v) is 3.76. The molecule has 0 amide bonds. The quantitative estimate of drug-likeness (QED) is 0.310. The van der Waals surface area contributed by atoms with E-state index >= 15 is 0 Å². The minimum absolute atomic E-state index is 0.156. The molecular formula is C12H15NO3. The molecule has 0 heterocycles. The zero-order valence-corrected chi connectivity index (χ0v) is 9.26. The lowest BCUT2D eigenvalue weighted by atomic mass is 9.91. The van der Waals surface area contributed by atoms with E-state index < -0.39 is 16.6 Å². The van der Waals surface area contributed by atoms with Crippen LogP contribution in [0.3, 0.4) is 0 Å². The fourth-order valence-corrected chi connectivity index (χ4v) is 1.49. The molecule has 4 nitrogen and oxygen atoms in total. The van der Waals surface area contributed by atoms with Crippen molar-refractivity contribution in [2.45, 2.75) is 12.6 Å². The maximum Gasteiger partial charge on any atom is 0.354 e. The van der Waals surface area contributed by atoms with Crippen molar-refractivity contribution >= 4 is 0 Å². The van der Waals surface area contributed by atoms with Crippen molar-refractivity contribution in [3.8, 4) is 0 Å². The minimum Gasteiger partial charge on any atom is -0.306 e.